The number of benzene rings is 1. The van der Waals surface area contributed by atoms with Crippen LogP contribution in [0.4, 0.5) is 14.3 Å². The van der Waals surface area contributed by atoms with E-state index in [1.807, 2.05) is 20.0 Å². The van der Waals surface area contributed by atoms with E-state index in [0.717, 1.165) is 23.7 Å². The van der Waals surface area contributed by atoms with Crippen molar-refractivity contribution in [1.82, 2.24) is 20.1 Å². The summed E-state index contributed by atoms with van der Waals surface area (Å²) in [6, 6.07) is 5.35. The van der Waals surface area contributed by atoms with Gasteiger partial charge in [-0.05, 0) is 37.6 Å². The Hall–Kier alpha value is -2.79. The van der Waals surface area contributed by atoms with Crippen LogP contribution in [0, 0.1) is 19.7 Å². The number of nitrogens with zero attached hydrogens (tertiary/aromatic N) is 3. The lowest BCUT2D eigenvalue weighted by Gasteiger charge is -2.04. The largest absolute Gasteiger partial charge is 0.332 e. The van der Waals surface area contributed by atoms with Gasteiger partial charge in [-0.2, -0.15) is 5.10 Å². The standard InChI is InChI=1S/C18H20FN5O3S2/c1-10-7-13(23-24(10)3)9-20-17(25)22-18-21-11(2)16(28-18)12-5-6-15(14(19)8-12)29(4,26)27/h5-8H,9H2,1-4H3,(H2,20,21,22,25). The number of carbonyl (C=O) groups is 1. The molecule has 0 spiro atoms. The van der Waals surface area contributed by atoms with Gasteiger partial charge in [-0.15, -0.1) is 0 Å². The van der Waals surface area contributed by atoms with Gasteiger partial charge >= 0.3 is 6.03 Å². The molecule has 11 heteroatoms. The molecule has 2 N–H and O–H groups in total. The minimum atomic E-state index is -3.64. The number of halogens is 1. The molecule has 2 heterocycles. The molecule has 8 nitrogen and oxygen atoms in total. The third kappa shape index (κ3) is 4.80. The highest BCUT2D eigenvalue weighted by Gasteiger charge is 2.17. The minimum Gasteiger partial charge on any atom is -0.332 e. The lowest BCUT2D eigenvalue weighted by Crippen LogP contribution is -2.28. The van der Waals surface area contributed by atoms with Crippen molar-refractivity contribution in [3.63, 3.8) is 0 Å². The molecule has 0 aliphatic carbocycles. The van der Waals surface area contributed by atoms with Crippen molar-refractivity contribution in [2.45, 2.75) is 25.3 Å². The van der Waals surface area contributed by atoms with Gasteiger partial charge in [0.15, 0.2) is 15.0 Å². The topological polar surface area (TPSA) is 106 Å². The quantitative estimate of drug-likeness (QED) is 0.638. The number of amides is 2. The number of anilines is 1. The van der Waals surface area contributed by atoms with Crippen molar-refractivity contribution in [3.8, 4) is 10.4 Å². The first-order chi connectivity index (χ1) is 13.5. The molecule has 3 rings (SSSR count). The van der Waals surface area contributed by atoms with Crippen molar-refractivity contribution >= 4 is 32.3 Å². The first-order valence-electron chi connectivity index (χ1n) is 8.56. The molecule has 0 saturated carbocycles. The van der Waals surface area contributed by atoms with Crippen molar-refractivity contribution in [1.29, 1.82) is 0 Å². The molecular formula is C18H20FN5O3S2. The Morgan fingerprint density at radius 3 is 2.59 bits per heavy atom. The van der Waals surface area contributed by atoms with Crippen LogP contribution in [0.15, 0.2) is 29.2 Å². The summed E-state index contributed by atoms with van der Waals surface area (Å²) < 4.78 is 39.0. The van der Waals surface area contributed by atoms with E-state index in [-0.39, 0.29) is 11.4 Å². The van der Waals surface area contributed by atoms with E-state index in [4.69, 9.17) is 0 Å². The summed E-state index contributed by atoms with van der Waals surface area (Å²) in [5.41, 5.74) is 2.80. The number of urea groups is 1. The second-order valence-corrected chi connectivity index (χ2v) is 9.54. The van der Waals surface area contributed by atoms with Crippen LogP contribution in [0.1, 0.15) is 17.1 Å². The summed E-state index contributed by atoms with van der Waals surface area (Å²) in [4.78, 5) is 16.7. The third-order valence-corrected chi connectivity index (χ3v) is 6.46. The van der Waals surface area contributed by atoms with Crippen molar-refractivity contribution in [2.24, 2.45) is 7.05 Å². The molecule has 154 valence electrons. The molecule has 0 saturated heterocycles. The summed E-state index contributed by atoms with van der Waals surface area (Å²) in [6.45, 7) is 3.92. The smallest absolute Gasteiger partial charge is 0.321 e. The molecule has 0 fully saturated rings. The number of hydrogen-bond donors (Lipinski definition) is 2. The first-order valence-corrected chi connectivity index (χ1v) is 11.3. The van der Waals surface area contributed by atoms with E-state index >= 15 is 0 Å². The third-order valence-electron chi connectivity index (χ3n) is 4.21. The highest BCUT2D eigenvalue weighted by Crippen LogP contribution is 2.34. The van der Waals surface area contributed by atoms with E-state index in [1.54, 1.807) is 11.6 Å². The van der Waals surface area contributed by atoms with Gasteiger partial charge in [0.05, 0.1) is 22.8 Å². The lowest BCUT2D eigenvalue weighted by molar-refractivity contribution is 0.251. The van der Waals surface area contributed by atoms with Crippen LogP contribution in [0.2, 0.25) is 0 Å². The molecule has 2 aromatic heterocycles. The molecule has 3 aromatic rings. The Morgan fingerprint density at radius 2 is 2.00 bits per heavy atom. The zero-order valence-electron chi connectivity index (χ0n) is 16.3. The normalized spacial score (nSPS) is 11.5. The lowest BCUT2D eigenvalue weighted by atomic mass is 10.1. The summed E-state index contributed by atoms with van der Waals surface area (Å²) in [5, 5.41) is 9.96. The average molecular weight is 438 g/mol. The number of nitrogens with one attached hydrogen (secondary N) is 2. The molecule has 0 radical (unpaired) electrons. The van der Waals surface area contributed by atoms with Crippen LogP contribution in [-0.4, -0.2) is 35.5 Å². The van der Waals surface area contributed by atoms with Gasteiger partial charge in [0.1, 0.15) is 10.7 Å². The molecule has 0 aliphatic rings. The molecule has 0 bridgehead atoms. The van der Waals surface area contributed by atoms with Crippen LogP contribution in [0.5, 0.6) is 0 Å². The van der Waals surface area contributed by atoms with Gasteiger partial charge in [0.2, 0.25) is 0 Å². The van der Waals surface area contributed by atoms with Crippen LogP contribution >= 0.6 is 11.3 Å². The van der Waals surface area contributed by atoms with Gasteiger partial charge in [-0.25, -0.2) is 22.6 Å². The highest BCUT2D eigenvalue weighted by molar-refractivity contribution is 7.90. The van der Waals surface area contributed by atoms with E-state index in [9.17, 15) is 17.6 Å². The fourth-order valence-corrected chi connectivity index (χ4v) is 4.38. The van der Waals surface area contributed by atoms with E-state index < -0.39 is 21.7 Å². The van der Waals surface area contributed by atoms with Crippen LogP contribution in [0.25, 0.3) is 10.4 Å². The second-order valence-electron chi connectivity index (χ2n) is 6.56. The Balaban J connectivity index is 1.71. The molecular weight excluding hydrogens is 417 g/mol. The Bertz CT molecular complexity index is 1160. The van der Waals surface area contributed by atoms with Gasteiger partial charge in [0.25, 0.3) is 0 Å². The highest BCUT2D eigenvalue weighted by atomic mass is 32.2. The van der Waals surface area contributed by atoms with E-state index in [0.29, 0.717) is 21.3 Å². The molecule has 29 heavy (non-hydrogen) atoms. The second kappa shape index (κ2) is 7.91. The van der Waals surface area contributed by atoms with Gasteiger partial charge in [-0.3, -0.25) is 10.00 Å². The maximum absolute atomic E-state index is 14.2. The van der Waals surface area contributed by atoms with Gasteiger partial charge in [0, 0.05) is 19.0 Å². The number of thiazole rings is 1. The zero-order chi connectivity index (χ0) is 21.3. The molecule has 2 amide bonds. The summed E-state index contributed by atoms with van der Waals surface area (Å²) in [7, 11) is -1.82. The van der Waals surface area contributed by atoms with Crippen LogP contribution in [-0.2, 0) is 23.4 Å². The monoisotopic (exact) mass is 437 g/mol. The van der Waals surface area contributed by atoms with Crippen molar-refractivity contribution in [3.05, 3.63) is 47.2 Å². The fraction of sp³-hybridized carbons (Fsp3) is 0.278. The number of sulfone groups is 1. The Morgan fingerprint density at radius 1 is 1.28 bits per heavy atom. The predicted molar refractivity (Wildman–Crippen MR) is 109 cm³/mol. The maximum atomic E-state index is 14.2. The van der Waals surface area contributed by atoms with E-state index in [1.165, 1.54) is 23.5 Å². The summed E-state index contributed by atoms with van der Waals surface area (Å²) >= 11 is 1.17. The fourth-order valence-electron chi connectivity index (χ4n) is 2.69. The van der Waals surface area contributed by atoms with E-state index in [2.05, 4.69) is 20.7 Å². The minimum absolute atomic E-state index is 0.267. The summed E-state index contributed by atoms with van der Waals surface area (Å²) in [5.74, 6) is -0.823. The number of aromatic nitrogens is 3. The Labute approximate surface area is 171 Å². The van der Waals surface area contributed by atoms with Crippen molar-refractivity contribution < 1.29 is 17.6 Å². The van der Waals surface area contributed by atoms with Crippen molar-refractivity contribution in [2.75, 3.05) is 11.6 Å². The number of carbonyl (C=O) groups excluding carboxylic acids is 1. The molecule has 1 aromatic carbocycles. The van der Waals surface area contributed by atoms with Gasteiger partial charge < -0.3 is 5.32 Å². The SMILES string of the molecule is Cc1nc(NC(=O)NCc2cc(C)n(C)n2)sc1-c1ccc(S(C)(=O)=O)c(F)c1. The van der Waals surface area contributed by atoms with Gasteiger partial charge in [-0.1, -0.05) is 17.4 Å². The predicted octanol–water partition coefficient (Wildman–Crippen LogP) is 3.02. The Kier molecular flexibility index (Phi) is 5.71. The number of rotatable bonds is 5. The van der Waals surface area contributed by atoms with Crippen LogP contribution < -0.4 is 10.6 Å². The first kappa shape index (κ1) is 20.9. The molecule has 0 atom stereocenters. The maximum Gasteiger partial charge on any atom is 0.321 e. The van der Waals surface area contributed by atoms with Crippen LogP contribution in [0.3, 0.4) is 0 Å². The number of aryl methyl sites for hydroxylation is 3. The average Bonchev–Trinajstić information content (AvgIpc) is 3.13. The summed E-state index contributed by atoms with van der Waals surface area (Å²) in [6.07, 6.45) is 0.954. The molecule has 0 unspecified atom stereocenters. The number of hydrogen-bond acceptors (Lipinski definition) is 6. The zero-order valence-corrected chi connectivity index (χ0v) is 17.9. The molecule has 0 aliphatic heterocycles.